The van der Waals surface area contributed by atoms with Gasteiger partial charge in [0.05, 0.1) is 12.0 Å². The Balaban J connectivity index is 1.27. The fourth-order valence-corrected chi connectivity index (χ4v) is 4.52. The number of hydrogen-bond donors (Lipinski definition) is 2. The summed E-state index contributed by atoms with van der Waals surface area (Å²) in [4.78, 5) is 29.5. The molecule has 1 fully saturated rings. The highest BCUT2D eigenvalue weighted by Gasteiger charge is 2.51. The molecule has 0 bridgehead atoms. The van der Waals surface area contributed by atoms with E-state index in [2.05, 4.69) is 15.6 Å². The first-order valence-electron chi connectivity index (χ1n) is 9.98. The standard InChI is InChI=1S/C23H21Cl2N3O2S/c24-17-6-4-16(5-7-17)23(9-10-23)22(30)27-13-20-28-19(14-31-20)21(29)26-11-8-15-2-1-3-18(25)12-15/h1-7,12,14H,8-11,13H2,(H,26,29)(H,27,30). The lowest BCUT2D eigenvalue weighted by atomic mass is 9.95. The van der Waals surface area contributed by atoms with Crippen LogP contribution in [0.15, 0.2) is 53.9 Å². The second-order valence-corrected chi connectivity index (χ2v) is 9.35. The molecule has 4 rings (SSSR count). The molecule has 0 unspecified atom stereocenters. The Morgan fingerprint density at radius 3 is 2.52 bits per heavy atom. The highest BCUT2D eigenvalue weighted by molar-refractivity contribution is 7.09. The van der Waals surface area contributed by atoms with E-state index in [4.69, 9.17) is 23.2 Å². The number of rotatable bonds is 8. The van der Waals surface area contributed by atoms with Crippen LogP contribution in [-0.4, -0.2) is 23.3 Å². The molecule has 0 atom stereocenters. The van der Waals surface area contributed by atoms with Crippen molar-refractivity contribution < 1.29 is 9.59 Å². The number of thiazole rings is 1. The molecule has 1 saturated carbocycles. The normalized spacial score (nSPS) is 14.1. The number of halogens is 2. The summed E-state index contributed by atoms with van der Waals surface area (Å²) in [6, 6.07) is 15.0. The number of benzene rings is 2. The number of amides is 2. The molecule has 1 aliphatic rings. The topological polar surface area (TPSA) is 71.1 Å². The van der Waals surface area contributed by atoms with E-state index in [1.807, 2.05) is 48.5 Å². The molecule has 1 aliphatic carbocycles. The van der Waals surface area contributed by atoms with Crippen molar-refractivity contribution in [1.29, 1.82) is 0 Å². The summed E-state index contributed by atoms with van der Waals surface area (Å²) >= 11 is 13.3. The lowest BCUT2D eigenvalue weighted by Crippen LogP contribution is -2.34. The zero-order valence-electron chi connectivity index (χ0n) is 16.7. The van der Waals surface area contributed by atoms with Crippen LogP contribution in [0.4, 0.5) is 0 Å². The number of hydrogen-bond acceptors (Lipinski definition) is 4. The molecule has 0 aliphatic heterocycles. The Morgan fingerprint density at radius 2 is 1.81 bits per heavy atom. The molecular formula is C23H21Cl2N3O2S. The van der Waals surface area contributed by atoms with Gasteiger partial charge in [-0.15, -0.1) is 11.3 Å². The number of aromatic nitrogens is 1. The van der Waals surface area contributed by atoms with Crippen LogP contribution in [0.1, 0.15) is 39.5 Å². The Bertz CT molecular complexity index is 1090. The zero-order valence-corrected chi connectivity index (χ0v) is 19.0. The first-order chi connectivity index (χ1) is 15.0. The first-order valence-corrected chi connectivity index (χ1v) is 11.6. The molecule has 2 N–H and O–H groups in total. The summed E-state index contributed by atoms with van der Waals surface area (Å²) in [7, 11) is 0. The zero-order chi connectivity index (χ0) is 21.8. The van der Waals surface area contributed by atoms with Crippen molar-refractivity contribution in [3.8, 4) is 0 Å². The maximum absolute atomic E-state index is 12.8. The summed E-state index contributed by atoms with van der Waals surface area (Å²) in [6.45, 7) is 0.793. The third-order valence-corrected chi connectivity index (χ3v) is 6.69. The average molecular weight is 474 g/mol. The van der Waals surface area contributed by atoms with Gasteiger partial charge in [-0.25, -0.2) is 4.98 Å². The fraction of sp³-hybridized carbons (Fsp3) is 0.261. The largest absolute Gasteiger partial charge is 0.350 e. The van der Waals surface area contributed by atoms with Crippen molar-refractivity contribution in [3.05, 3.63) is 85.8 Å². The van der Waals surface area contributed by atoms with Crippen LogP contribution >= 0.6 is 34.5 Å². The highest BCUT2D eigenvalue weighted by Crippen LogP contribution is 2.48. The van der Waals surface area contributed by atoms with Crippen molar-refractivity contribution >= 4 is 46.4 Å². The molecule has 31 heavy (non-hydrogen) atoms. The Kier molecular flexibility index (Phi) is 6.60. The van der Waals surface area contributed by atoms with E-state index in [1.165, 1.54) is 11.3 Å². The third kappa shape index (κ3) is 5.26. The van der Waals surface area contributed by atoms with Crippen LogP contribution in [0.25, 0.3) is 0 Å². The minimum absolute atomic E-state index is 0.0162. The van der Waals surface area contributed by atoms with Gasteiger partial charge in [0.2, 0.25) is 5.91 Å². The van der Waals surface area contributed by atoms with Gasteiger partial charge < -0.3 is 10.6 Å². The number of carbonyl (C=O) groups excluding carboxylic acids is 2. The molecule has 0 saturated heterocycles. The Hall–Kier alpha value is -2.41. The Labute approximate surface area is 194 Å². The smallest absolute Gasteiger partial charge is 0.270 e. The predicted octanol–water partition coefficient (Wildman–Crippen LogP) is 4.77. The van der Waals surface area contributed by atoms with Gasteiger partial charge in [-0.3, -0.25) is 9.59 Å². The second kappa shape index (κ2) is 9.39. The maximum atomic E-state index is 12.8. The summed E-state index contributed by atoms with van der Waals surface area (Å²) in [6.07, 6.45) is 2.32. The Morgan fingerprint density at radius 1 is 1.03 bits per heavy atom. The molecule has 2 aromatic carbocycles. The first kappa shape index (κ1) is 21.8. The van der Waals surface area contributed by atoms with E-state index in [-0.39, 0.29) is 11.8 Å². The molecule has 5 nitrogen and oxygen atoms in total. The summed E-state index contributed by atoms with van der Waals surface area (Å²) in [5.74, 6) is -0.242. The van der Waals surface area contributed by atoms with Crippen LogP contribution < -0.4 is 10.6 Å². The van der Waals surface area contributed by atoms with E-state index >= 15 is 0 Å². The van der Waals surface area contributed by atoms with E-state index in [0.29, 0.717) is 40.3 Å². The van der Waals surface area contributed by atoms with Crippen LogP contribution in [0.3, 0.4) is 0 Å². The fourth-order valence-electron chi connectivity index (χ4n) is 3.47. The molecule has 0 radical (unpaired) electrons. The minimum atomic E-state index is -0.470. The molecule has 2 amide bonds. The van der Waals surface area contributed by atoms with Crippen LogP contribution in [0, 0.1) is 0 Å². The van der Waals surface area contributed by atoms with Gasteiger partial charge in [0.25, 0.3) is 5.91 Å². The molecule has 1 aromatic heterocycles. The van der Waals surface area contributed by atoms with E-state index < -0.39 is 5.41 Å². The van der Waals surface area contributed by atoms with E-state index in [9.17, 15) is 9.59 Å². The van der Waals surface area contributed by atoms with Gasteiger partial charge in [0.1, 0.15) is 10.7 Å². The van der Waals surface area contributed by atoms with Gasteiger partial charge >= 0.3 is 0 Å². The lowest BCUT2D eigenvalue weighted by Gasteiger charge is -2.15. The SMILES string of the molecule is O=C(NCCc1cccc(Cl)c1)c1csc(CNC(=O)C2(c3ccc(Cl)cc3)CC2)n1. The average Bonchev–Trinajstić information content (AvgIpc) is 3.43. The number of carbonyl (C=O) groups is 2. The molecular weight excluding hydrogens is 453 g/mol. The van der Waals surface area contributed by atoms with Crippen molar-refractivity contribution in [2.45, 2.75) is 31.2 Å². The number of nitrogens with zero attached hydrogens (tertiary/aromatic N) is 1. The molecule has 8 heteroatoms. The quantitative estimate of drug-likeness (QED) is 0.494. The summed E-state index contributed by atoms with van der Waals surface area (Å²) in [5.41, 5.74) is 1.93. The predicted molar refractivity (Wildman–Crippen MR) is 124 cm³/mol. The summed E-state index contributed by atoms with van der Waals surface area (Å²) < 4.78 is 0. The van der Waals surface area contributed by atoms with Crippen molar-refractivity contribution in [1.82, 2.24) is 15.6 Å². The van der Waals surface area contributed by atoms with E-state index in [0.717, 1.165) is 24.0 Å². The van der Waals surface area contributed by atoms with Gasteiger partial charge in [-0.05, 0) is 54.7 Å². The molecule has 3 aromatic rings. The molecule has 160 valence electrons. The maximum Gasteiger partial charge on any atom is 0.270 e. The van der Waals surface area contributed by atoms with Crippen molar-refractivity contribution in [2.24, 2.45) is 0 Å². The van der Waals surface area contributed by atoms with Gasteiger partial charge in [-0.1, -0.05) is 47.5 Å². The van der Waals surface area contributed by atoms with Crippen molar-refractivity contribution in [3.63, 3.8) is 0 Å². The monoisotopic (exact) mass is 473 g/mol. The van der Waals surface area contributed by atoms with E-state index in [1.54, 1.807) is 5.38 Å². The van der Waals surface area contributed by atoms with Gasteiger partial charge in [0, 0.05) is 22.0 Å². The number of nitrogens with one attached hydrogen (secondary N) is 2. The molecule has 0 spiro atoms. The van der Waals surface area contributed by atoms with Crippen LogP contribution in [0.5, 0.6) is 0 Å². The highest BCUT2D eigenvalue weighted by atomic mass is 35.5. The van der Waals surface area contributed by atoms with Crippen LogP contribution in [0.2, 0.25) is 10.0 Å². The summed E-state index contributed by atoms with van der Waals surface area (Å²) in [5, 5.41) is 9.58. The van der Waals surface area contributed by atoms with Gasteiger partial charge in [-0.2, -0.15) is 0 Å². The molecule has 1 heterocycles. The lowest BCUT2D eigenvalue weighted by molar-refractivity contribution is -0.123. The van der Waals surface area contributed by atoms with Gasteiger partial charge in [0.15, 0.2) is 0 Å². The minimum Gasteiger partial charge on any atom is -0.350 e. The van der Waals surface area contributed by atoms with Crippen molar-refractivity contribution in [2.75, 3.05) is 6.54 Å². The second-order valence-electron chi connectivity index (χ2n) is 7.53. The van der Waals surface area contributed by atoms with Crippen LogP contribution in [-0.2, 0) is 23.2 Å². The third-order valence-electron chi connectivity index (χ3n) is 5.35.